The molecule has 4 rings (SSSR count). The Hall–Kier alpha value is -1.50. The Bertz CT molecular complexity index is 783. The molecule has 0 radical (unpaired) electrons. The minimum Gasteiger partial charge on any atom is -0.244 e. The fourth-order valence-electron chi connectivity index (χ4n) is 3.75. The van der Waals surface area contributed by atoms with Crippen LogP contribution in [-0.4, -0.2) is 34.4 Å². The molecule has 20 heavy (non-hydrogen) atoms. The predicted octanol–water partition coefficient (Wildman–Crippen LogP) is 1.59. The van der Waals surface area contributed by atoms with Gasteiger partial charge in [-0.2, -0.15) is 10.1 Å². The summed E-state index contributed by atoms with van der Waals surface area (Å²) in [5.74, 6) is 1.47. The van der Waals surface area contributed by atoms with Crippen LogP contribution in [0.4, 0.5) is 0 Å². The van der Waals surface area contributed by atoms with Gasteiger partial charge in [-0.15, -0.1) is 0 Å². The maximum Gasteiger partial charge on any atom is 0.248 e. The van der Waals surface area contributed by atoms with Gasteiger partial charge in [0.1, 0.15) is 0 Å². The van der Waals surface area contributed by atoms with Crippen LogP contribution in [0.3, 0.4) is 0 Å². The molecule has 6 nitrogen and oxygen atoms in total. The highest BCUT2D eigenvalue weighted by Crippen LogP contribution is 2.50. The van der Waals surface area contributed by atoms with Crippen molar-refractivity contribution in [1.82, 2.24) is 19.7 Å². The normalized spacial score (nSPS) is 29.4. The third-order valence-corrected chi connectivity index (χ3v) is 5.52. The third-order valence-electron chi connectivity index (χ3n) is 4.66. The highest BCUT2D eigenvalue weighted by Gasteiger charge is 2.41. The van der Waals surface area contributed by atoms with Crippen molar-refractivity contribution in [3.63, 3.8) is 0 Å². The quantitative estimate of drug-likeness (QED) is 0.785. The van der Waals surface area contributed by atoms with Gasteiger partial charge in [-0.3, -0.25) is 0 Å². The summed E-state index contributed by atoms with van der Waals surface area (Å²) in [6, 6.07) is 0.369. The first-order chi connectivity index (χ1) is 9.52. The molecular weight excluding hydrogens is 276 g/mol. The van der Waals surface area contributed by atoms with Crippen molar-refractivity contribution in [1.29, 1.82) is 0 Å². The van der Waals surface area contributed by atoms with Gasteiger partial charge in [-0.05, 0) is 31.1 Å². The first-order valence-electron chi connectivity index (χ1n) is 6.92. The summed E-state index contributed by atoms with van der Waals surface area (Å²) < 4.78 is 25.1. The SMILES string of the molecule is CS(=O)(=O)c1ncc2cnn([C@H]3C[C@H]4CC[C@@H]3C4)c2n1. The van der Waals surface area contributed by atoms with E-state index >= 15 is 0 Å². The molecule has 0 unspecified atom stereocenters. The van der Waals surface area contributed by atoms with E-state index in [0.29, 0.717) is 17.6 Å². The number of sulfone groups is 1. The van der Waals surface area contributed by atoms with Gasteiger partial charge in [0.25, 0.3) is 0 Å². The molecule has 0 N–H and O–H groups in total. The minimum absolute atomic E-state index is 0.116. The second-order valence-electron chi connectivity index (χ2n) is 6.04. The van der Waals surface area contributed by atoms with Crippen molar-refractivity contribution >= 4 is 20.9 Å². The molecule has 0 amide bonds. The van der Waals surface area contributed by atoms with Gasteiger partial charge < -0.3 is 0 Å². The lowest BCUT2D eigenvalue weighted by molar-refractivity contribution is 0.312. The average Bonchev–Trinajstić information content (AvgIpc) is 3.11. The largest absolute Gasteiger partial charge is 0.248 e. The summed E-state index contributed by atoms with van der Waals surface area (Å²) in [5.41, 5.74) is 0.651. The molecule has 0 aliphatic heterocycles. The molecule has 2 aromatic heterocycles. The van der Waals surface area contributed by atoms with Crippen LogP contribution in [0.2, 0.25) is 0 Å². The number of rotatable bonds is 2. The van der Waals surface area contributed by atoms with Crippen molar-refractivity contribution in [2.75, 3.05) is 6.26 Å². The van der Waals surface area contributed by atoms with Crippen LogP contribution >= 0.6 is 0 Å². The lowest BCUT2D eigenvalue weighted by Gasteiger charge is -2.22. The van der Waals surface area contributed by atoms with Crippen LogP contribution in [0, 0.1) is 11.8 Å². The van der Waals surface area contributed by atoms with E-state index < -0.39 is 9.84 Å². The summed E-state index contributed by atoms with van der Waals surface area (Å²) in [7, 11) is -3.39. The monoisotopic (exact) mass is 292 g/mol. The Morgan fingerprint density at radius 2 is 2.10 bits per heavy atom. The van der Waals surface area contributed by atoms with Gasteiger partial charge in [0, 0.05) is 12.5 Å². The molecule has 2 bridgehead atoms. The summed E-state index contributed by atoms with van der Waals surface area (Å²) in [4.78, 5) is 8.15. The summed E-state index contributed by atoms with van der Waals surface area (Å²) in [6.07, 6.45) is 9.40. The van der Waals surface area contributed by atoms with Crippen LogP contribution in [0.15, 0.2) is 17.6 Å². The fourth-order valence-corrected chi connectivity index (χ4v) is 4.25. The predicted molar refractivity (Wildman–Crippen MR) is 72.9 cm³/mol. The van der Waals surface area contributed by atoms with E-state index in [9.17, 15) is 8.42 Å². The molecule has 0 aromatic carbocycles. The van der Waals surface area contributed by atoms with Gasteiger partial charge >= 0.3 is 0 Å². The lowest BCUT2D eigenvalue weighted by Crippen LogP contribution is -2.18. The number of hydrogen-bond acceptors (Lipinski definition) is 5. The van der Waals surface area contributed by atoms with Crippen LogP contribution in [-0.2, 0) is 9.84 Å². The second kappa shape index (κ2) is 4.00. The summed E-state index contributed by atoms with van der Waals surface area (Å²) in [6.45, 7) is 0. The Balaban J connectivity index is 1.84. The molecule has 106 valence electrons. The summed E-state index contributed by atoms with van der Waals surface area (Å²) >= 11 is 0. The van der Waals surface area contributed by atoms with Crippen molar-refractivity contribution in [2.24, 2.45) is 11.8 Å². The molecule has 2 fully saturated rings. The molecule has 0 saturated heterocycles. The number of nitrogens with zero attached hydrogens (tertiary/aromatic N) is 4. The zero-order valence-corrected chi connectivity index (χ0v) is 12.0. The Morgan fingerprint density at radius 1 is 1.25 bits per heavy atom. The second-order valence-corrected chi connectivity index (χ2v) is 7.94. The number of hydrogen-bond donors (Lipinski definition) is 0. The van der Waals surface area contributed by atoms with E-state index in [-0.39, 0.29) is 5.16 Å². The fraction of sp³-hybridized carbons (Fsp3) is 0.615. The van der Waals surface area contributed by atoms with Crippen LogP contribution in [0.25, 0.3) is 11.0 Å². The summed E-state index contributed by atoms with van der Waals surface area (Å²) in [5, 5.41) is 5.13. The number of aromatic nitrogens is 4. The van der Waals surface area contributed by atoms with Gasteiger partial charge in [0.15, 0.2) is 5.65 Å². The molecule has 2 aromatic rings. The molecule has 0 spiro atoms. The van der Waals surface area contributed by atoms with E-state index in [1.807, 2.05) is 4.68 Å². The third kappa shape index (κ3) is 1.76. The van der Waals surface area contributed by atoms with Crippen molar-refractivity contribution < 1.29 is 8.42 Å². The lowest BCUT2D eigenvalue weighted by atomic mass is 9.95. The van der Waals surface area contributed by atoms with E-state index in [0.717, 1.165) is 24.0 Å². The van der Waals surface area contributed by atoms with Gasteiger partial charge in [0.2, 0.25) is 15.0 Å². The first kappa shape index (κ1) is 12.3. The Morgan fingerprint density at radius 3 is 2.75 bits per heavy atom. The Labute approximate surface area is 117 Å². The topological polar surface area (TPSA) is 77.7 Å². The molecule has 2 heterocycles. The zero-order chi connectivity index (χ0) is 13.9. The molecule has 2 aliphatic carbocycles. The molecule has 2 saturated carbocycles. The maximum absolute atomic E-state index is 11.6. The van der Waals surface area contributed by atoms with E-state index in [1.165, 1.54) is 19.3 Å². The Kier molecular flexibility index (Phi) is 2.45. The minimum atomic E-state index is -3.39. The number of fused-ring (bicyclic) bond motifs is 3. The molecule has 3 atom stereocenters. The van der Waals surface area contributed by atoms with Gasteiger partial charge in [0.05, 0.1) is 17.6 Å². The smallest absolute Gasteiger partial charge is 0.244 e. The van der Waals surface area contributed by atoms with Gasteiger partial charge in [-0.25, -0.2) is 18.1 Å². The highest BCUT2D eigenvalue weighted by molar-refractivity contribution is 7.90. The van der Waals surface area contributed by atoms with Crippen molar-refractivity contribution in [3.05, 3.63) is 12.4 Å². The molecule has 7 heteroatoms. The van der Waals surface area contributed by atoms with Crippen molar-refractivity contribution in [2.45, 2.75) is 36.9 Å². The highest BCUT2D eigenvalue weighted by atomic mass is 32.2. The van der Waals surface area contributed by atoms with Crippen molar-refractivity contribution in [3.8, 4) is 0 Å². The van der Waals surface area contributed by atoms with Crippen LogP contribution in [0.5, 0.6) is 0 Å². The van der Waals surface area contributed by atoms with Crippen LogP contribution < -0.4 is 0 Å². The average molecular weight is 292 g/mol. The van der Waals surface area contributed by atoms with E-state index in [1.54, 1.807) is 12.4 Å². The zero-order valence-electron chi connectivity index (χ0n) is 11.2. The maximum atomic E-state index is 11.6. The van der Waals surface area contributed by atoms with Crippen LogP contribution in [0.1, 0.15) is 31.7 Å². The molecular formula is C13H16N4O2S. The van der Waals surface area contributed by atoms with E-state index in [2.05, 4.69) is 15.1 Å². The van der Waals surface area contributed by atoms with E-state index in [4.69, 9.17) is 0 Å². The standard InChI is InChI=1S/C13H16N4O2S/c1-20(18,19)13-14-6-10-7-15-17(12(10)16-13)11-5-8-2-3-9(11)4-8/h6-9,11H,2-5H2,1H3/t8-,9+,11-/m0/s1. The first-order valence-corrected chi connectivity index (χ1v) is 8.82. The molecule has 2 aliphatic rings. The van der Waals surface area contributed by atoms with Gasteiger partial charge in [-0.1, -0.05) is 6.42 Å².